The van der Waals surface area contributed by atoms with Gasteiger partial charge in [-0.3, -0.25) is 4.98 Å². The monoisotopic (exact) mass is 399 g/mol. The van der Waals surface area contributed by atoms with Crippen LogP contribution in [0.5, 0.6) is 0 Å². The van der Waals surface area contributed by atoms with Gasteiger partial charge in [0.2, 0.25) is 0 Å². The van der Waals surface area contributed by atoms with Gasteiger partial charge in [-0.2, -0.15) is 0 Å². The minimum atomic E-state index is -1.09. The van der Waals surface area contributed by atoms with E-state index in [1.54, 1.807) is 0 Å². The van der Waals surface area contributed by atoms with Crippen molar-refractivity contribution in [2.24, 2.45) is 0 Å². The summed E-state index contributed by atoms with van der Waals surface area (Å²) >= 11 is 0. The van der Waals surface area contributed by atoms with Crippen LogP contribution in [0, 0.1) is 6.92 Å². The van der Waals surface area contributed by atoms with Crippen LogP contribution in [0.2, 0.25) is 0 Å². The Balaban J connectivity index is 2.07. The normalized spacial score (nSPS) is 12.9. The lowest BCUT2D eigenvalue weighted by Gasteiger charge is -2.28. The van der Waals surface area contributed by atoms with E-state index in [1.165, 1.54) is 0 Å². The van der Waals surface area contributed by atoms with E-state index in [1.807, 2.05) is 88.5 Å². The highest BCUT2D eigenvalue weighted by molar-refractivity contribution is 6.02. The van der Waals surface area contributed by atoms with Crippen LogP contribution in [0.1, 0.15) is 38.0 Å². The molecule has 4 aromatic rings. The number of ether oxygens (including phenoxy) is 1. The number of carboxylic acids is 1. The smallest absolute Gasteiger partial charge is 0.337 e. The van der Waals surface area contributed by atoms with Crippen LogP contribution in [0.4, 0.5) is 0 Å². The topological polar surface area (TPSA) is 59.4 Å². The van der Waals surface area contributed by atoms with E-state index in [9.17, 15) is 9.90 Å². The van der Waals surface area contributed by atoms with E-state index in [0.29, 0.717) is 5.56 Å². The zero-order chi connectivity index (χ0) is 21.5. The molecular weight excluding hydrogens is 374 g/mol. The fourth-order valence-electron chi connectivity index (χ4n) is 3.95. The first-order valence-electron chi connectivity index (χ1n) is 10.0. The van der Waals surface area contributed by atoms with Crippen molar-refractivity contribution >= 4 is 27.6 Å². The molecule has 4 nitrogen and oxygen atoms in total. The predicted molar refractivity (Wildman–Crippen MR) is 121 cm³/mol. The zero-order valence-electron chi connectivity index (χ0n) is 17.6. The van der Waals surface area contributed by atoms with Gasteiger partial charge in [-0.1, -0.05) is 48.5 Å². The van der Waals surface area contributed by atoms with Gasteiger partial charge >= 0.3 is 5.97 Å². The molecule has 30 heavy (non-hydrogen) atoms. The number of aryl methyl sites for hydroxylation is 1. The maximum Gasteiger partial charge on any atom is 0.337 e. The van der Waals surface area contributed by atoms with Crippen molar-refractivity contribution < 1.29 is 14.6 Å². The molecule has 0 aliphatic rings. The highest BCUT2D eigenvalue weighted by Crippen LogP contribution is 2.40. The third-order valence-electron chi connectivity index (χ3n) is 5.13. The van der Waals surface area contributed by atoms with E-state index in [4.69, 9.17) is 4.74 Å². The first kappa shape index (κ1) is 20.0. The number of hydrogen-bond donors (Lipinski definition) is 1. The van der Waals surface area contributed by atoms with Gasteiger partial charge in [0, 0.05) is 22.7 Å². The number of para-hydroxylation sites is 1. The summed E-state index contributed by atoms with van der Waals surface area (Å²) < 4.78 is 6.04. The largest absolute Gasteiger partial charge is 0.479 e. The quantitative estimate of drug-likeness (QED) is 0.437. The lowest BCUT2D eigenvalue weighted by molar-refractivity contribution is -0.160. The number of nitrogens with zero attached hydrogens (tertiary/aromatic N) is 1. The van der Waals surface area contributed by atoms with Crippen molar-refractivity contribution in [3.05, 3.63) is 78.0 Å². The van der Waals surface area contributed by atoms with Crippen LogP contribution in [0.15, 0.2) is 66.9 Å². The summed E-state index contributed by atoms with van der Waals surface area (Å²) in [4.78, 5) is 16.9. The van der Waals surface area contributed by atoms with Gasteiger partial charge in [0.1, 0.15) is 0 Å². The summed E-state index contributed by atoms with van der Waals surface area (Å²) in [6.45, 7) is 7.56. The van der Waals surface area contributed by atoms with E-state index >= 15 is 0 Å². The molecule has 0 amide bonds. The lowest BCUT2D eigenvalue weighted by Crippen LogP contribution is -2.28. The third-order valence-corrected chi connectivity index (χ3v) is 5.13. The minimum absolute atomic E-state index is 0.611. The van der Waals surface area contributed by atoms with Gasteiger partial charge in [0.15, 0.2) is 6.10 Å². The molecule has 0 aliphatic carbocycles. The molecule has 4 heteroatoms. The van der Waals surface area contributed by atoms with Crippen LogP contribution in [0.25, 0.3) is 32.8 Å². The van der Waals surface area contributed by atoms with Gasteiger partial charge in [0.25, 0.3) is 0 Å². The van der Waals surface area contributed by atoms with E-state index in [-0.39, 0.29) is 0 Å². The molecule has 0 aliphatic heterocycles. The fraction of sp³-hybridized carbons (Fsp3) is 0.231. The molecule has 3 aromatic carbocycles. The first-order chi connectivity index (χ1) is 14.2. The molecule has 1 N–H and O–H groups in total. The molecule has 0 spiro atoms. The van der Waals surface area contributed by atoms with Crippen molar-refractivity contribution in [3.8, 4) is 11.1 Å². The minimum Gasteiger partial charge on any atom is -0.479 e. The van der Waals surface area contributed by atoms with Crippen LogP contribution in [-0.4, -0.2) is 21.7 Å². The number of pyridine rings is 1. The number of aliphatic carboxylic acids is 1. The molecule has 0 saturated heterocycles. The van der Waals surface area contributed by atoms with E-state index < -0.39 is 17.7 Å². The van der Waals surface area contributed by atoms with Crippen LogP contribution in [-0.2, 0) is 9.53 Å². The van der Waals surface area contributed by atoms with Gasteiger partial charge in [-0.15, -0.1) is 0 Å². The Kier molecular flexibility index (Phi) is 5.04. The van der Waals surface area contributed by atoms with E-state index in [0.717, 1.165) is 38.4 Å². The highest BCUT2D eigenvalue weighted by Gasteiger charge is 2.31. The maximum absolute atomic E-state index is 12.3. The number of benzene rings is 3. The average molecular weight is 399 g/mol. The molecule has 0 saturated carbocycles. The average Bonchev–Trinajstić information content (AvgIpc) is 2.70. The second kappa shape index (κ2) is 7.54. The molecule has 0 radical (unpaired) electrons. The predicted octanol–water partition coefficient (Wildman–Crippen LogP) is 6.30. The molecule has 0 unspecified atom stereocenters. The van der Waals surface area contributed by atoms with Gasteiger partial charge in [0.05, 0.1) is 11.1 Å². The lowest BCUT2D eigenvalue weighted by atomic mass is 9.87. The van der Waals surface area contributed by atoms with Crippen molar-refractivity contribution in [1.29, 1.82) is 0 Å². The van der Waals surface area contributed by atoms with Crippen molar-refractivity contribution in [1.82, 2.24) is 4.98 Å². The number of carboxylic acid groups (broad SMARTS) is 1. The molecular formula is C26H25NO3. The number of rotatable bonds is 4. The molecule has 152 valence electrons. The third kappa shape index (κ3) is 3.79. The molecule has 1 atom stereocenters. The second-order valence-corrected chi connectivity index (χ2v) is 8.57. The maximum atomic E-state index is 12.3. The molecule has 1 aromatic heterocycles. The number of fused-ring (bicyclic) bond motifs is 2. The summed E-state index contributed by atoms with van der Waals surface area (Å²) in [5, 5.41) is 13.1. The zero-order valence-corrected chi connectivity index (χ0v) is 17.6. The summed E-state index contributed by atoms with van der Waals surface area (Å²) in [5.74, 6) is -1.00. The Morgan fingerprint density at radius 2 is 1.67 bits per heavy atom. The fourth-order valence-corrected chi connectivity index (χ4v) is 3.95. The van der Waals surface area contributed by atoms with Gasteiger partial charge < -0.3 is 9.84 Å². The van der Waals surface area contributed by atoms with Crippen molar-refractivity contribution in [2.75, 3.05) is 0 Å². The van der Waals surface area contributed by atoms with Crippen LogP contribution in [0.3, 0.4) is 0 Å². The number of aromatic nitrogens is 1. The molecule has 1 heterocycles. The van der Waals surface area contributed by atoms with Crippen LogP contribution >= 0.6 is 0 Å². The standard InChI is InChI=1S/C26H25NO3/c1-16-13-17-9-5-7-11-20(17)23(22(16)24(25(28)29)30-26(2,3)4)19-14-18-10-6-8-12-21(18)27-15-19/h5-15,24H,1-4H3,(H,28,29)/t24-/m0/s1. The SMILES string of the molecule is Cc1cc2ccccc2c(-c2cnc3ccccc3c2)c1[C@H](OC(C)(C)C)C(=O)O. The summed E-state index contributed by atoms with van der Waals surface area (Å²) in [7, 11) is 0. The van der Waals surface area contributed by atoms with Crippen molar-refractivity contribution in [2.45, 2.75) is 39.4 Å². The highest BCUT2D eigenvalue weighted by atomic mass is 16.5. The second-order valence-electron chi connectivity index (χ2n) is 8.57. The number of carbonyl (C=O) groups is 1. The summed E-state index contributed by atoms with van der Waals surface area (Å²) in [6, 6.07) is 20.1. The van der Waals surface area contributed by atoms with Crippen molar-refractivity contribution in [3.63, 3.8) is 0 Å². The molecule has 0 fully saturated rings. The summed E-state index contributed by atoms with van der Waals surface area (Å²) in [6.07, 6.45) is 0.735. The Bertz CT molecular complexity index is 1250. The Morgan fingerprint density at radius 1 is 1.00 bits per heavy atom. The van der Waals surface area contributed by atoms with Crippen LogP contribution < -0.4 is 0 Å². The van der Waals surface area contributed by atoms with Gasteiger partial charge in [-0.25, -0.2) is 4.79 Å². The Hall–Kier alpha value is -3.24. The Morgan fingerprint density at radius 3 is 2.37 bits per heavy atom. The Labute approximate surface area is 176 Å². The molecule has 4 rings (SSSR count). The first-order valence-corrected chi connectivity index (χ1v) is 10.0. The van der Waals surface area contributed by atoms with Gasteiger partial charge in [-0.05, 0) is 61.7 Å². The number of hydrogen-bond acceptors (Lipinski definition) is 3. The summed E-state index contributed by atoms with van der Waals surface area (Å²) in [5.41, 5.74) is 3.59. The van der Waals surface area contributed by atoms with E-state index in [2.05, 4.69) is 11.1 Å². The molecule has 0 bridgehead atoms.